The molecule has 2 aromatic carbocycles. The molecule has 2 N–H and O–H groups in total. The first-order valence-electron chi connectivity index (χ1n) is 9.78. The van der Waals surface area contributed by atoms with Gasteiger partial charge >= 0.3 is 6.09 Å². The van der Waals surface area contributed by atoms with Gasteiger partial charge in [0.05, 0.1) is 19.1 Å². The first-order valence-corrected chi connectivity index (χ1v) is 9.78. The second-order valence-electron chi connectivity index (χ2n) is 7.16. The number of aliphatic hydroxyl groups excluding tert-OH is 1. The summed E-state index contributed by atoms with van der Waals surface area (Å²) < 4.78 is 37.8. The van der Waals surface area contributed by atoms with Gasteiger partial charge in [0.25, 0.3) is 0 Å². The van der Waals surface area contributed by atoms with E-state index in [0.29, 0.717) is 5.82 Å². The summed E-state index contributed by atoms with van der Waals surface area (Å²) in [5, 5.41) is 16.1. The Morgan fingerprint density at radius 1 is 1.16 bits per heavy atom. The summed E-state index contributed by atoms with van der Waals surface area (Å²) in [6.45, 7) is 1.59. The lowest BCUT2D eigenvalue weighted by atomic mass is 9.98. The summed E-state index contributed by atoms with van der Waals surface area (Å²) in [6, 6.07) is 12.2. The predicted octanol–water partition coefficient (Wildman–Crippen LogP) is 3.40. The fraction of sp³-hybridized carbons (Fsp3) is 0.318. The van der Waals surface area contributed by atoms with Gasteiger partial charge < -0.3 is 19.7 Å². The molecule has 0 aliphatic rings. The van der Waals surface area contributed by atoms with Gasteiger partial charge in [-0.2, -0.15) is 4.98 Å². The van der Waals surface area contributed by atoms with Crippen LogP contribution in [-0.2, 0) is 24.2 Å². The van der Waals surface area contributed by atoms with E-state index in [9.17, 15) is 18.7 Å². The van der Waals surface area contributed by atoms with Crippen LogP contribution in [0.15, 0.2) is 53.1 Å². The standard InChI is InChI=1S/C22H23F2N3O4/c1-14(19(12-28)25-22(29)30-13-15-6-3-2-4-7-15)10-20-26-21(31-27-20)11-16-17(23)8-5-9-18(16)24/h2-9,14,19,28H,10-13H2,1H3,(H,25,29). The van der Waals surface area contributed by atoms with Crippen molar-refractivity contribution in [1.29, 1.82) is 0 Å². The highest BCUT2D eigenvalue weighted by Crippen LogP contribution is 2.17. The number of alkyl carbamates (subject to hydrolysis) is 1. The van der Waals surface area contributed by atoms with Gasteiger partial charge in [0.2, 0.25) is 5.89 Å². The van der Waals surface area contributed by atoms with Crippen LogP contribution in [0.1, 0.15) is 29.8 Å². The number of hydrogen-bond acceptors (Lipinski definition) is 6. The van der Waals surface area contributed by atoms with Gasteiger partial charge in [-0.15, -0.1) is 0 Å². The fourth-order valence-corrected chi connectivity index (χ4v) is 3.01. The van der Waals surface area contributed by atoms with Crippen molar-refractivity contribution in [3.63, 3.8) is 0 Å². The van der Waals surface area contributed by atoms with Crippen LogP contribution in [0.25, 0.3) is 0 Å². The number of benzene rings is 2. The van der Waals surface area contributed by atoms with E-state index in [-0.39, 0.29) is 43.4 Å². The van der Waals surface area contributed by atoms with E-state index >= 15 is 0 Å². The second kappa shape index (κ2) is 10.6. The molecule has 0 spiro atoms. The van der Waals surface area contributed by atoms with E-state index in [1.807, 2.05) is 30.3 Å². The van der Waals surface area contributed by atoms with E-state index in [1.165, 1.54) is 6.07 Å². The minimum atomic E-state index is -0.688. The molecule has 0 fully saturated rings. The molecule has 2 unspecified atom stereocenters. The summed E-state index contributed by atoms with van der Waals surface area (Å²) >= 11 is 0. The lowest BCUT2D eigenvalue weighted by Gasteiger charge is -2.22. The Morgan fingerprint density at radius 2 is 1.87 bits per heavy atom. The van der Waals surface area contributed by atoms with Crippen LogP contribution in [-0.4, -0.2) is 34.0 Å². The molecule has 2 atom stereocenters. The maximum atomic E-state index is 13.8. The molecule has 1 aromatic heterocycles. The SMILES string of the molecule is CC(Cc1noc(Cc2c(F)cccc2F)n1)C(CO)NC(=O)OCc1ccccc1. The molecule has 164 valence electrons. The van der Waals surface area contributed by atoms with Gasteiger partial charge in [-0.3, -0.25) is 0 Å². The van der Waals surface area contributed by atoms with Crippen molar-refractivity contribution < 1.29 is 27.9 Å². The van der Waals surface area contributed by atoms with E-state index in [4.69, 9.17) is 9.26 Å². The van der Waals surface area contributed by atoms with Gasteiger partial charge in [0, 0.05) is 12.0 Å². The molecule has 7 nitrogen and oxygen atoms in total. The monoisotopic (exact) mass is 431 g/mol. The third-order valence-electron chi connectivity index (χ3n) is 4.80. The Balaban J connectivity index is 1.53. The molecule has 9 heteroatoms. The van der Waals surface area contributed by atoms with Crippen molar-refractivity contribution in [2.45, 2.75) is 32.4 Å². The maximum absolute atomic E-state index is 13.8. The molecule has 0 saturated heterocycles. The zero-order chi connectivity index (χ0) is 22.2. The molecular formula is C22H23F2N3O4. The number of carbonyl (C=O) groups is 1. The third kappa shape index (κ3) is 6.32. The molecule has 0 aliphatic carbocycles. The Kier molecular flexibility index (Phi) is 7.66. The minimum absolute atomic E-state index is 0.0713. The van der Waals surface area contributed by atoms with Gasteiger partial charge in [-0.05, 0) is 23.6 Å². The molecule has 3 rings (SSSR count). The fourth-order valence-electron chi connectivity index (χ4n) is 3.01. The average Bonchev–Trinajstić information content (AvgIpc) is 3.20. The van der Waals surface area contributed by atoms with Crippen LogP contribution >= 0.6 is 0 Å². The lowest BCUT2D eigenvalue weighted by molar-refractivity contribution is 0.121. The molecule has 0 bridgehead atoms. The number of hydrogen-bond donors (Lipinski definition) is 2. The average molecular weight is 431 g/mol. The summed E-state index contributed by atoms with van der Waals surface area (Å²) in [6.07, 6.45) is -0.556. The largest absolute Gasteiger partial charge is 0.445 e. The molecular weight excluding hydrogens is 408 g/mol. The maximum Gasteiger partial charge on any atom is 0.407 e. The number of nitrogens with zero attached hydrogens (tertiary/aromatic N) is 2. The van der Waals surface area contributed by atoms with E-state index < -0.39 is 23.8 Å². The van der Waals surface area contributed by atoms with Crippen LogP contribution in [0.3, 0.4) is 0 Å². The van der Waals surface area contributed by atoms with Crippen LogP contribution in [0.2, 0.25) is 0 Å². The normalized spacial score (nSPS) is 12.9. The molecule has 0 radical (unpaired) electrons. The topological polar surface area (TPSA) is 97.5 Å². The predicted molar refractivity (Wildman–Crippen MR) is 107 cm³/mol. The number of carbonyl (C=O) groups excluding carboxylic acids is 1. The highest BCUT2D eigenvalue weighted by Gasteiger charge is 2.22. The van der Waals surface area contributed by atoms with Crippen molar-refractivity contribution in [3.8, 4) is 0 Å². The summed E-state index contributed by atoms with van der Waals surface area (Å²) in [5.74, 6) is -1.26. The van der Waals surface area contributed by atoms with Gasteiger partial charge in [-0.1, -0.05) is 48.5 Å². The number of amides is 1. The zero-order valence-corrected chi connectivity index (χ0v) is 16.9. The van der Waals surface area contributed by atoms with Gasteiger partial charge in [0.1, 0.15) is 18.2 Å². The summed E-state index contributed by atoms with van der Waals surface area (Å²) in [5.41, 5.74) is 0.693. The molecule has 1 amide bonds. The van der Waals surface area contributed by atoms with E-state index in [1.54, 1.807) is 6.92 Å². The Hall–Kier alpha value is -3.33. The molecule has 1 heterocycles. The number of aromatic nitrogens is 2. The Labute approximate surface area is 178 Å². The summed E-state index contributed by atoms with van der Waals surface area (Å²) in [7, 11) is 0. The number of aliphatic hydroxyl groups is 1. The van der Waals surface area contributed by atoms with Crippen LogP contribution < -0.4 is 5.32 Å². The van der Waals surface area contributed by atoms with Crippen LogP contribution in [0.5, 0.6) is 0 Å². The van der Waals surface area contributed by atoms with Gasteiger partial charge in [-0.25, -0.2) is 13.6 Å². The Morgan fingerprint density at radius 3 is 2.55 bits per heavy atom. The highest BCUT2D eigenvalue weighted by atomic mass is 19.1. The lowest BCUT2D eigenvalue weighted by Crippen LogP contribution is -2.43. The zero-order valence-electron chi connectivity index (χ0n) is 16.9. The van der Waals surface area contributed by atoms with Crippen molar-refractivity contribution in [2.75, 3.05) is 6.61 Å². The van der Waals surface area contributed by atoms with E-state index in [2.05, 4.69) is 15.5 Å². The number of halogens is 2. The van der Waals surface area contributed by atoms with Crippen molar-refractivity contribution in [3.05, 3.63) is 83.0 Å². The first kappa shape index (κ1) is 22.4. The number of ether oxygens (including phenoxy) is 1. The van der Waals surface area contributed by atoms with Crippen LogP contribution in [0.4, 0.5) is 13.6 Å². The quantitative estimate of drug-likeness (QED) is 0.539. The van der Waals surface area contributed by atoms with Crippen molar-refractivity contribution >= 4 is 6.09 Å². The second-order valence-corrected chi connectivity index (χ2v) is 7.16. The smallest absolute Gasteiger partial charge is 0.407 e. The molecule has 0 saturated carbocycles. The van der Waals surface area contributed by atoms with E-state index in [0.717, 1.165) is 17.7 Å². The molecule has 3 aromatic rings. The highest BCUT2D eigenvalue weighted by molar-refractivity contribution is 5.67. The van der Waals surface area contributed by atoms with Crippen molar-refractivity contribution in [1.82, 2.24) is 15.5 Å². The minimum Gasteiger partial charge on any atom is -0.445 e. The molecule has 31 heavy (non-hydrogen) atoms. The van der Waals surface area contributed by atoms with Crippen molar-refractivity contribution in [2.24, 2.45) is 5.92 Å². The number of rotatable bonds is 9. The Bertz CT molecular complexity index is 977. The van der Waals surface area contributed by atoms with Gasteiger partial charge in [0.15, 0.2) is 5.82 Å². The third-order valence-corrected chi connectivity index (χ3v) is 4.80. The van der Waals surface area contributed by atoms with Crippen LogP contribution in [0, 0.1) is 17.6 Å². The first-order chi connectivity index (χ1) is 15.0. The summed E-state index contributed by atoms with van der Waals surface area (Å²) in [4.78, 5) is 16.2. The number of nitrogens with one attached hydrogen (secondary N) is 1. The molecule has 0 aliphatic heterocycles.